The van der Waals surface area contributed by atoms with Gasteiger partial charge in [0.2, 0.25) is 0 Å². The summed E-state index contributed by atoms with van der Waals surface area (Å²) in [5.41, 5.74) is 5.36. The van der Waals surface area contributed by atoms with Gasteiger partial charge in [0.25, 0.3) is 0 Å². The molecular weight excluding hydrogens is 517 g/mol. The third kappa shape index (κ3) is 3.00. The van der Waals surface area contributed by atoms with E-state index < -0.39 is 7.14 Å². The molecule has 192 valence electrons. The fourth-order valence-corrected chi connectivity index (χ4v) is 10.2. The summed E-state index contributed by atoms with van der Waals surface area (Å²) in [5, 5.41) is 9.96. The van der Waals surface area contributed by atoms with Gasteiger partial charge < -0.3 is 9.13 Å². The Morgan fingerprint density at radius 3 is 2.07 bits per heavy atom. The number of hydrogen-bond acceptors (Lipinski definition) is 1. The Morgan fingerprint density at radius 1 is 0.488 bits per heavy atom. The molecule has 1 aliphatic heterocycles. The molecule has 0 fully saturated rings. The van der Waals surface area contributed by atoms with Gasteiger partial charge >= 0.3 is 0 Å². The molecule has 1 unspecified atom stereocenters. The predicted molar refractivity (Wildman–Crippen MR) is 174 cm³/mol. The lowest BCUT2D eigenvalue weighted by molar-refractivity contribution is 0.593. The Bertz CT molecular complexity index is 2400. The van der Waals surface area contributed by atoms with E-state index in [1.165, 1.54) is 26.9 Å². The van der Waals surface area contributed by atoms with Crippen molar-refractivity contribution in [1.82, 2.24) is 4.57 Å². The van der Waals surface area contributed by atoms with E-state index in [4.69, 9.17) is 0 Å². The van der Waals surface area contributed by atoms with Crippen molar-refractivity contribution in [1.29, 1.82) is 0 Å². The number of nitrogens with zero attached hydrogens (tertiary/aromatic N) is 1. The van der Waals surface area contributed by atoms with Crippen LogP contribution in [0.15, 0.2) is 146 Å². The summed E-state index contributed by atoms with van der Waals surface area (Å²) in [6, 6.07) is 51.0. The smallest absolute Gasteiger partial charge is 0.174 e. The molecule has 0 radical (unpaired) electrons. The van der Waals surface area contributed by atoms with Gasteiger partial charge in [-0.25, -0.2) is 0 Å². The summed E-state index contributed by atoms with van der Waals surface area (Å²) in [4.78, 5) is 0. The zero-order valence-corrected chi connectivity index (χ0v) is 23.1. The second-order valence-electron chi connectivity index (χ2n) is 10.9. The first-order valence-electron chi connectivity index (χ1n) is 14.0. The zero-order chi connectivity index (χ0) is 27.1. The molecule has 0 aliphatic carbocycles. The molecule has 2 nitrogen and oxygen atoms in total. The van der Waals surface area contributed by atoms with Gasteiger partial charge in [0.15, 0.2) is 7.14 Å². The van der Waals surface area contributed by atoms with Crippen LogP contribution in [0.25, 0.3) is 60.2 Å². The maximum Gasteiger partial charge on any atom is 0.174 e. The largest absolute Gasteiger partial charge is 0.309 e. The summed E-state index contributed by atoms with van der Waals surface area (Å²) < 4.78 is 18.0. The monoisotopic (exact) mass is 541 g/mol. The van der Waals surface area contributed by atoms with Gasteiger partial charge in [-0.3, -0.25) is 0 Å². The van der Waals surface area contributed by atoms with Crippen LogP contribution in [0, 0.1) is 0 Å². The zero-order valence-electron chi connectivity index (χ0n) is 22.2. The van der Waals surface area contributed by atoms with E-state index in [2.05, 4.69) is 114 Å². The van der Waals surface area contributed by atoms with Gasteiger partial charge in [0, 0.05) is 27.1 Å². The summed E-state index contributed by atoms with van der Waals surface area (Å²) in [5.74, 6) is 0. The minimum atomic E-state index is -3.15. The molecular formula is C38H24NOP. The molecule has 0 saturated heterocycles. The van der Waals surface area contributed by atoms with Gasteiger partial charge in [-0.15, -0.1) is 0 Å². The van der Waals surface area contributed by atoms with Crippen LogP contribution >= 0.6 is 7.14 Å². The second kappa shape index (κ2) is 8.30. The van der Waals surface area contributed by atoms with Crippen molar-refractivity contribution >= 4 is 66.4 Å². The number of para-hydroxylation sites is 1. The number of aromatic nitrogens is 1. The first-order valence-corrected chi connectivity index (χ1v) is 15.7. The normalized spacial score (nSPS) is 16.0. The maximum absolute atomic E-state index is 15.7. The van der Waals surface area contributed by atoms with Crippen molar-refractivity contribution in [3.8, 4) is 16.8 Å². The highest BCUT2D eigenvalue weighted by atomic mass is 31.2. The molecule has 8 aromatic rings. The number of fused-ring (bicyclic) bond motifs is 10. The van der Waals surface area contributed by atoms with Crippen LogP contribution in [-0.4, -0.2) is 4.57 Å². The van der Waals surface area contributed by atoms with Crippen LogP contribution < -0.4 is 15.9 Å². The van der Waals surface area contributed by atoms with E-state index in [1.807, 2.05) is 36.4 Å². The quantitative estimate of drug-likeness (QED) is 0.158. The van der Waals surface area contributed by atoms with Gasteiger partial charge in [0.05, 0.1) is 16.3 Å². The maximum atomic E-state index is 15.7. The summed E-state index contributed by atoms with van der Waals surface area (Å²) >= 11 is 0. The topological polar surface area (TPSA) is 22.0 Å². The van der Waals surface area contributed by atoms with Crippen LogP contribution in [0.5, 0.6) is 0 Å². The SMILES string of the molecule is O=P1(c2ccccc2)c2ccccc2-c2ccc3c4ccccc4n(-c4ccc5c(ccc6ccccc65)c4)c3c21. The van der Waals surface area contributed by atoms with Crippen molar-refractivity contribution in [2.75, 3.05) is 0 Å². The van der Waals surface area contributed by atoms with E-state index in [-0.39, 0.29) is 0 Å². The Morgan fingerprint density at radius 2 is 1.17 bits per heavy atom. The molecule has 0 N–H and O–H groups in total. The minimum absolute atomic E-state index is 0.875. The van der Waals surface area contributed by atoms with Crippen molar-refractivity contribution in [2.24, 2.45) is 0 Å². The van der Waals surface area contributed by atoms with Crippen LogP contribution in [0.1, 0.15) is 0 Å². The molecule has 1 aliphatic rings. The molecule has 0 saturated carbocycles. The first kappa shape index (κ1) is 22.9. The van der Waals surface area contributed by atoms with Gasteiger partial charge in [0.1, 0.15) is 0 Å². The average Bonchev–Trinajstić information content (AvgIpc) is 3.51. The van der Waals surface area contributed by atoms with Crippen molar-refractivity contribution in [3.63, 3.8) is 0 Å². The molecule has 7 aromatic carbocycles. The fourth-order valence-electron chi connectivity index (χ4n) is 6.99. The molecule has 0 spiro atoms. The molecule has 1 atom stereocenters. The molecule has 3 heteroatoms. The second-order valence-corrected chi connectivity index (χ2v) is 13.5. The highest BCUT2D eigenvalue weighted by Crippen LogP contribution is 2.54. The Kier molecular flexibility index (Phi) is 4.63. The Hall–Kier alpha value is -4.91. The van der Waals surface area contributed by atoms with Gasteiger partial charge in [-0.1, -0.05) is 127 Å². The van der Waals surface area contributed by atoms with Crippen molar-refractivity contribution in [2.45, 2.75) is 0 Å². The molecule has 2 heterocycles. The first-order chi connectivity index (χ1) is 20.2. The predicted octanol–water partition coefficient (Wildman–Crippen LogP) is 8.71. The summed E-state index contributed by atoms with van der Waals surface area (Å²) in [6.07, 6.45) is 0. The average molecular weight is 542 g/mol. The Labute approximate surface area is 237 Å². The summed E-state index contributed by atoms with van der Waals surface area (Å²) in [7, 11) is -3.15. The third-order valence-electron chi connectivity index (χ3n) is 8.76. The highest BCUT2D eigenvalue weighted by molar-refractivity contribution is 7.86. The molecule has 41 heavy (non-hydrogen) atoms. The van der Waals surface area contributed by atoms with Crippen LogP contribution in [0.2, 0.25) is 0 Å². The molecule has 0 amide bonds. The third-order valence-corrected chi connectivity index (χ3v) is 11.9. The van der Waals surface area contributed by atoms with E-state index in [1.54, 1.807) is 0 Å². The lowest BCUT2D eigenvalue weighted by Crippen LogP contribution is -2.22. The lowest BCUT2D eigenvalue weighted by atomic mass is 10.0. The number of benzene rings is 7. The van der Waals surface area contributed by atoms with Crippen LogP contribution in [0.4, 0.5) is 0 Å². The minimum Gasteiger partial charge on any atom is -0.309 e. The van der Waals surface area contributed by atoms with Crippen LogP contribution in [0.3, 0.4) is 0 Å². The standard InChI is InChI=1S/C38H24NOP/c40-41(28-11-2-1-3-12-28)36-17-9-7-15-32(36)34-23-22-33-31-14-6-8-16-35(31)39(37(33)38(34)41)27-20-21-30-26(24-27)19-18-25-10-4-5-13-29(25)30/h1-24H. The highest BCUT2D eigenvalue weighted by Gasteiger charge is 2.42. The van der Waals surface area contributed by atoms with E-state index in [0.29, 0.717) is 0 Å². The number of rotatable bonds is 2. The van der Waals surface area contributed by atoms with E-state index >= 15 is 4.57 Å². The van der Waals surface area contributed by atoms with E-state index in [0.717, 1.165) is 49.1 Å². The van der Waals surface area contributed by atoms with Crippen molar-refractivity contribution in [3.05, 3.63) is 146 Å². The molecule has 0 bridgehead atoms. The molecule has 9 rings (SSSR count). The van der Waals surface area contributed by atoms with Gasteiger partial charge in [-0.05, 0) is 50.9 Å². The lowest BCUT2D eigenvalue weighted by Gasteiger charge is -2.19. The van der Waals surface area contributed by atoms with Crippen LogP contribution in [-0.2, 0) is 4.57 Å². The molecule has 1 aromatic heterocycles. The Balaban J connectivity index is 1.44. The van der Waals surface area contributed by atoms with E-state index in [9.17, 15) is 0 Å². The number of hydrogen-bond donors (Lipinski definition) is 0. The van der Waals surface area contributed by atoms with Crippen molar-refractivity contribution < 1.29 is 4.57 Å². The van der Waals surface area contributed by atoms with Gasteiger partial charge in [-0.2, -0.15) is 0 Å². The summed E-state index contributed by atoms with van der Waals surface area (Å²) in [6.45, 7) is 0. The fraction of sp³-hybridized carbons (Fsp3) is 0.